The van der Waals surface area contributed by atoms with Gasteiger partial charge in [-0.05, 0) is 19.4 Å². The lowest BCUT2D eigenvalue weighted by Crippen LogP contribution is -2.14. The summed E-state index contributed by atoms with van der Waals surface area (Å²) in [7, 11) is 0. The first-order chi connectivity index (χ1) is 12.9. The Hall–Kier alpha value is -3.49. The van der Waals surface area contributed by atoms with Crippen LogP contribution in [-0.2, 0) is 17.9 Å². The molecule has 9 nitrogen and oxygen atoms in total. The molecule has 0 bridgehead atoms. The number of nitro groups is 1. The molecule has 2 aromatic heterocycles. The van der Waals surface area contributed by atoms with Gasteiger partial charge in [-0.3, -0.25) is 24.3 Å². The number of benzene rings is 1. The molecule has 1 amide bonds. The Balaban J connectivity index is 1.52. The summed E-state index contributed by atoms with van der Waals surface area (Å²) in [5.41, 5.74) is 3.21. The molecule has 0 radical (unpaired) electrons. The summed E-state index contributed by atoms with van der Waals surface area (Å²) in [6, 6.07) is 8.17. The summed E-state index contributed by atoms with van der Waals surface area (Å²) in [6.07, 6.45) is 4.85. The number of aryl methyl sites for hydroxylation is 3. The summed E-state index contributed by atoms with van der Waals surface area (Å²) in [5, 5.41) is 21.9. The Labute approximate surface area is 155 Å². The molecule has 0 aliphatic heterocycles. The fraction of sp³-hybridized carbons (Fsp3) is 0.278. The number of carbonyl (C=O) groups is 1. The zero-order chi connectivity index (χ0) is 19.4. The fourth-order valence-electron chi connectivity index (χ4n) is 2.64. The van der Waals surface area contributed by atoms with Gasteiger partial charge < -0.3 is 5.32 Å². The highest BCUT2D eigenvalue weighted by Gasteiger charge is 2.15. The minimum Gasteiger partial charge on any atom is -0.323 e. The molecule has 0 unspecified atom stereocenters. The number of hydrogen-bond acceptors (Lipinski definition) is 5. The molecule has 0 saturated carbocycles. The maximum atomic E-state index is 12.1. The summed E-state index contributed by atoms with van der Waals surface area (Å²) in [4.78, 5) is 22.4. The van der Waals surface area contributed by atoms with Crippen LogP contribution < -0.4 is 5.32 Å². The molecular weight excluding hydrogens is 348 g/mol. The van der Waals surface area contributed by atoms with Crippen molar-refractivity contribution >= 4 is 17.3 Å². The van der Waals surface area contributed by atoms with Crippen molar-refractivity contribution in [2.75, 3.05) is 5.32 Å². The third-order valence-electron chi connectivity index (χ3n) is 4.07. The molecule has 0 spiro atoms. The number of nitrogens with zero attached hydrogens (tertiary/aromatic N) is 5. The highest BCUT2D eigenvalue weighted by atomic mass is 16.6. The predicted octanol–water partition coefficient (Wildman–Crippen LogP) is 2.68. The Kier molecular flexibility index (Phi) is 5.30. The number of rotatable bonds is 7. The summed E-state index contributed by atoms with van der Waals surface area (Å²) in [6.45, 7) is 4.48. The molecule has 0 fully saturated rings. The molecule has 27 heavy (non-hydrogen) atoms. The van der Waals surface area contributed by atoms with Gasteiger partial charge in [-0.15, -0.1) is 0 Å². The molecule has 3 rings (SSSR count). The summed E-state index contributed by atoms with van der Waals surface area (Å²) >= 11 is 0. The highest BCUT2D eigenvalue weighted by Crippen LogP contribution is 2.15. The van der Waals surface area contributed by atoms with Gasteiger partial charge >= 0.3 is 5.69 Å². The van der Waals surface area contributed by atoms with Crippen LogP contribution in [0.3, 0.4) is 0 Å². The molecule has 9 heteroatoms. The third kappa shape index (κ3) is 4.78. The predicted molar refractivity (Wildman–Crippen MR) is 99.4 cm³/mol. The van der Waals surface area contributed by atoms with Crippen molar-refractivity contribution in [3.05, 3.63) is 69.8 Å². The average molecular weight is 368 g/mol. The average Bonchev–Trinajstić information content (AvgIpc) is 3.21. The van der Waals surface area contributed by atoms with Crippen molar-refractivity contribution in [2.45, 2.75) is 33.4 Å². The Morgan fingerprint density at radius 2 is 1.93 bits per heavy atom. The molecule has 0 aliphatic rings. The van der Waals surface area contributed by atoms with E-state index in [2.05, 4.69) is 15.5 Å². The number of carbonyl (C=O) groups excluding carboxylic acids is 1. The van der Waals surface area contributed by atoms with Gasteiger partial charge in [0.25, 0.3) is 0 Å². The van der Waals surface area contributed by atoms with Crippen molar-refractivity contribution < 1.29 is 9.72 Å². The standard InChI is InChI=1S/C18H20N6O3/c1-13-3-5-15(6-4-13)10-23-11-16(9-19-23)20-18(25)7-8-22-12-17(24(26)27)14(2)21-22/h3-6,9,11-12H,7-8,10H2,1-2H3,(H,20,25). The number of hydrogen-bond donors (Lipinski definition) is 1. The monoisotopic (exact) mass is 368 g/mol. The Bertz CT molecular complexity index is 958. The van der Waals surface area contributed by atoms with Crippen LogP contribution in [-0.4, -0.2) is 30.4 Å². The van der Waals surface area contributed by atoms with Crippen LogP contribution in [0.25, 0.3) is 0 Å². The second-order valence-electron chi connectivity index (χ2n) is 6.33. The van der Waals surface area contributed by atoms with Crippen LogP contribution in [0.2, 0.25) is 0 Å². The lowest BCUT2D eigenvalue weighted by atomic mass is 10.1. The van der Waals surface area contributed by atoms with Crippen molar-refractivity contribution in [2.24, 2.45) is 0 Å². The maximum Gasteiger partial charge on any atom is 0.309 e. The molecule has 1 aromatic carbocycles. The van der Waals surface area contributed by atoms with Crippen molar-refractivity contribution in [3.8, 4) is 0 Å². The highest BCUT2D eigenvalue weighted by molar-refractivity contribution is 5.90. The van der Waals surface area contributed by atoms with E-state index >= 15 is 0 Å². The van der Waals surface area contributed by atoms with Gasteiger partial charge in [0.05, 0.1) is 23.4 Å². The molecule has 2 heterocycles. The zero-order valence-corrected chi connectivity index (χ0v) is 15.1. The maximum absolute atomic E-state index is 12.1. The molecule has 0 aliphatic carbocycles. The van der Waals surface area contributed by atoms with Crippen molar-refractivity contribution in [1.82, 2.24) is 19.6 Å². The minimum absolute atomic E-state index is 0.0483. The summed E-state index contributed by atoms with van der Waals surface area (Å²) in [5.74, 6) is -0.208. The van der Waals surface area contributed by atoms with Gasteiger partial charge in [0.15, 0.2) is 0 Å². The van der Waals surface area contributed by atoms with Gasteiger partial charge in [0, 0.05) is 19.2 Å². The topological polar surface area (TPSA) is 108 Å². The largest absolute Gasteiger partial charge is 0.323 e. The van der Waals surface area contributed by atoms with Crippen LogP contribution in [0.15, 0.2) is 42.9 Å². The van der Waals surface area contributed by atoms with Gasteiger partial charge in [0.1, 0.15) is 11.9 Å². The lowest BCUT2D eigenvalue weighted by molar-refractivity contribution is -0.385. The molecule has 140 valence electrons. The second kappa shape index (κ2) is 7.81. The van der Waals surface area contributed by atoms with E-state index in [0.717, 1.165) is 5.56 Å². The molecule has 0 saturated heterocycles. The van der Waals surface area contributed by atoms with Crippen LogP contribution >= 0.6 is 0 Å². The number of nitrogens with one attached hydrogen (secondary N) is 1. The Morgan fingerprint density at radius 1 is 1.19 bits per heavy atom. The van der Waals surface area contributed by atoms with Gasteiger partial charge in [-0.2, -0.15) is 10.2 Å². The van der Waals surface area contributed by atoms with Crippen LogP contribution in [0.4, 0.5) is 11.4 Å². The second-order valence-corrected chi connectivity index (χ2v) is 6.33. The molecular formula is C18H20N6O3. The van der Waals surface area contributed by atoms with Crippen molar-refractivity contribution in [1.29, 1.82) is 0 Å². The van der Waals surface area contributed by atoms with Gasteiger partial charge in [0.2, 0.25) is 5.91 Å². The van der Waals surface area contributed by atoms with E-state index in [1.807, 2.05) is 31.2 Å². The SMILES string of the molecule is Cc1ccc(Cn2cc(NC(=O)CCn3cc([N+](=O)[O-])c(C)n3)cn2)cc1. The smallest absolute Gasteiger partial charge is 0.309 e. The third-order valence-corrected chi connectivity index (χ3v) is 4.07. The normalized spacial score (nSPS) is 10.7. The van der Waals surface area contributed by atoms with Gasteiger partial charge in [-0.1, -0.05) is 29.8 Å². The van der Waals surface area contributed by atoms with E-state index in [4.69, 9.17) is 0 Å². The first-order valence-electron chi connectivity index (χ1n) is 8.47. The molecule has 0 atom stereocenters. The van der Waals surface area contributed by atoms with E-state index in [1.54, 1.807) is 24.0 Å². The van der Waals surface area contributed by atoms with E-state index < -0.39 is 4.92 Å². The van der Waals surface area contributed by atoms with E-state index in [-0.39, 0.29) is 24.6 Å². The van der Waals surface area contributed by atoms with Crippen LogP contribution in [0.5, 0.6) is 0 Å². The van der Waals surface area contributed by atoms with Crippen LogP contribution in [0.1, 0.15) is 23.2 Å². The zero-order valence-electron chi connectivity index (χ0n) is 15.1. The minimum atomic E-state index is -0.485. The van der Waals surface area contributed by atoms with E-state index in [9.17, 15) is 14.9 Å². The summed E-state index contributed by atoms with van der Waals surface area (Å²) < 4.78 is 3.16. The lowest BCUT2D eigenvalue weighted by Gasteiger charge is -2.03. The fourth-order valence-corrected chi connectivity index (χ4v) is 2.64. The van der Waals surface area contributed by atoms with E-state index in [1.165, 1.54) is 16.4 Å². The van der Waals surface area contributed by atoms with Gasteiger partial charge in [-0.25, -0.2) is 0 Å². The molecule has 3 aromatic rings. The number of aromatic nitrogens is 4. The number of anilines is 1. The van der Waals surface area contributed by atoms with Crippen molar-refractivity contribution in [3.63, 3.8) is 0 Å². The Morgan fingerprint density at radius 3 is 2.59 bits per heavy atom. The number of amides is 1. The van der Waals surface area contributed by atoms with E-state index in [0.29, 0.717) is 17.9 Å². The first-order valence-corrected chi connectivity index (χ1v) is 8.47. The van der Waals surface area contributed by atoms with Crippen LogP contribution in [0, 0.1) is 24.0 Å². The molecule has 1 N–H and O–H groups in total. The first kappa shape index (κ1) is 18.3. The quantitative estimate of drug-likeness (QED) is 0.509.